The van der Waals surface area contributed by atoms with E-state index >= 15 is 0 Å². The highest BCUT2D eigenvalue weighted by Crippen LogP contribution is 2.10. The van der Waals surface area contributed by atoms with E-state index in [1.165, 1.54) is 0 Å². The molecule has 0 saturated carbocycles. The van der Waals surface area contributed by atoms with Crippen LogP contribution in [0.2, 0.25) is 0 Å². The number of pyridine rings is 1. The van der Waals surface area contributed by atoms with Gasteiger partial charge in [0.15, 0.2) is 0 Å². The third kappa shape index (κ3) is 2.62. The summed E-state index contributed by atoms with van der Waals surface area (Å²) in [6, 6.07) is 3.58. The molecule has 0 spiro atoms. The topological polar surface area (TPSA) is 42.3 Å². The fraction of sp³-hybridized carbons (Fsp3) is 0.375. The summed E-state index contributed by atoms with van der Waals surface area (Å²) in [4.78, 5) is 3.88. The summed E-state index contributed by atoms with van der Waals surface area (Å²) in [6.45, 7) is 1.86. The number of aromatic nitrogens is 1. The van der Waals surface area contributed by atoms with Crippen LogP contribution in [0.4, 0.5) is 5.69 Å². The molecular formula is C8H12N2OS. The van der Waals surface area contributed by atoms with Crippen molar-refractivity contribution in [3.8, 4) is 0 Å². The lowest BCUT2D eigenvalue weighted by atomic mass is 10.4. The van der Waals surface area contributed by atoms with Crippen molar-refractivity contribution < 1.29 is 4.21 Å². The summed E-state index contributed by atoms with van der Waals surface area (Å²) in [5, 5.41) is 0. The quantitative estimate of drug-likeness (QED) is 0.703. The van der Waals surface area contributed by atoms with E-state index in [-0.39, 0.29) is 0 Å². The van der Waals surface area contributed by atoms with Crippen molar-refractivity contribution in [1.82, 2.24) is 4.98 Å². The van der Waals surface area contributed by atoms with Crippen molar-refractivity contribution in [2.75, 3.05) is 12.0 Å². The van der Waals surface area contributed by atoms with Crippen molar-refractivity contribution in [2.45, 2.75) is 6.92 Å². The molecule has 0 aliphatic heterocycles. The van der Waals surface area contributed by atoms with E-state index < -0.39 is 9.73 Å². The highest BCUT2D eigenvalue weighted by molar-refractivity contribution is 7.93. The van der Waals surface area contributed by atoms with E-state index in [0.29, 0.717) is 11.4 Å². The van der Waals surface area contributed by atoms with Crippen molar-refractivity contribution in [1.29, 1.82) is 0 Å². The molecule has 1 heterocycles. The summed E-state index contributed by atoms with van der Waals surface area (Å²) in [6.07, 6.45) is 4.93. The van der Waals surface area contributed by atoms with Crippen LogP contribution in [0.25, 0.3) is 0 Å². The standard InChI is InChI=1S/C8H12N2OS/c1-3-12(2,11)10-8-5-4-6-9-7-8/h4-7H,3H2,1-2H3/t12-/m0/s1. The van der Waals surface area contributed by atoms with Gasteiger partial charge in [0, 0.05) is 27.9 Å². The van der Waals surface area contributed by atoms with E-state index in [1.807, 2.05) is 6.92 Å². The number of rotatable bonds is 2. The van der Waals surface area contributed by atoms with Crippen LogP contribution in [0, 0.1) is 0 Å². The minimum atomic E-state index is -2.04. The summed E-state index contributed by atoms with van der Waals surface area (Å²) < 4.78 is 15.6. The Morgan fingerprint density at radius 3 is 2.92 bits per heavy atom. The van der Waals surface area contributed by atoms with Crippen molar-refractivity contribution in [3.63, 3.8) is 0 Å². The molecule has 0 N–H and O–H groups in total. The molecule has 3 nitrogen and oxygen atoms in total. The Morgan fingerprint density at radius 1 is 1.67 bits per heavy atom. The highest BCUT2D eigenvalue weighted by atomic mass is 32.2. The minimum absolute atomic E-state index is 0.571. The smallest absolute Gasteiger partial charge is 0.0913 e. The second-order valence-corrected chi connectivity index (χ2v) is 5.23. The Bertz CT molecular complexity index is 353. The van der Waals surface area contributed by atoms with E-state index in [0.717, 1.165) is 0 Å². The van der Waals surface area contributed by atoms with Gasteiger partial charge in [-0.1, -0.05) is 6.92 Å². The Labute approximate surface area is 73.0 Å². The fourth-order valence-corrected chi connectivity index (χ4v) is 1.38. The Morgan fingerprint density at radius 2 is 2.42 bits per heavy atom. The Kier molecular flexibility index (Phi) is 2.81. The summed E-state index contributed by atoms with van der Waals surface area (Å²) in [7, 11) is -2.04. The number of nitrogens with zero attached hydrogens (tertiary/aromatic N) is 2. The van der Waals surface area contributed by atoms with Gasteiger partial charge in [0.05, 0.1) is 11.9 Å². The Hall–Kier alpha value is -0.900. The van der Waals surface area contributed by atoms with Gasteiger partial charge in [0.2, 0.25) is 0 Å². The summed E-state index contributed by atoms with van der Waals surface area (Å²) >= 11 is 0. The SMILES string of the molecule is CC[S@](C)(=O)=Nc1cccnc1. The van der Waals surface area contributed by atoms with Crippen LogP contribution in [0.3, 0.4) is 0 Å². The molecule has 0 aliphatic carbocycles. The van der Waals surface area contributed by atoms with Gasteiger partial charge in [-0.2, -0.15) is 4.36 Å². The zero-order chi connectivity index (χ0) is 9.03. The third-order valence-electron chi connectivity index (χ3n) is 1.48. The van der Waals surface area contributed by atoms with Crippen molar-refractivity contribution in [2.24, 2.45) is 4.36 Å². The van der Waals surface area contributed by atoms with E-state index in [2.05, 4.69) is 9.35 Å². The van der Waals surface area contributed by atoms with E-state index in [9.17, 15) is 4.21 Å². The lowest BCUT2D eigenvalue weighted by molar-refractivity contribution is 0.681. The molecule has 0 fully saturated rings. The van der Waals surface area contributed by atoms with Crippen LogP contribution in [-0.4, -0.2) is 21.2 Å². The van der Waals surface area contributed by atoms with Gasteiger partial charge in [-0.15, -0.1) is 0 Å². The third-order valence-corrected chi connectivity index (χ3v) is 3.15. The summed E-state index contributed by atoms with van der Waals surface area (Å²) in [5.74, 6) is 0.571. The first-order chi connectivity index (χ1) is 5.64. The van der Waals surface area contributed by atoms with Crippen LogP contribution in [-0.2, 0) is 9.73 Å². The zero-order valence-corrected chi connectivity index (χ0v) is 8.04. The first-order valence-corrected chi connectivity index (χ1v) is 5.83. The number of hydrogen-bond donors (Lipinski definition) is 0. The minimum Gasteiger partial charge on any atom is -0.262 e. The predicted molar refractivity (Wildman–Crippen MR) is 50.9 cm³/mol. The van der Waals surface area contributed by atoms with Crippen LogP contribution in [0.1, 0.15) is 6.92 Å². The molecule has 1 atom stereocenters. The highest BCUT2D eigenvalue weighted by Gasteiger charge is 1.96. The first-order valence-electron chi connectivity index (χ1n) is 3.74. The molecule has 0 saturated heterocycles. The molecule has 1 rings (SSSR count). The van der Waals surface area contributed by atoms with Crippen molar-refractivity contribution >= 4 is 15.4 Å². The van der Waals surface area contributed by atoms with Crippen LogP contribution in [0.5, 0.6) is 0 Å². The lowest BCUT2D eigenvalue weighted by Crippen LogP contribution is -1.97. The average Bonchev–Trinajstić information content (AvgIpc) is 2.06. The monoisotopic (exact) mass is 184 g/mol. The molecule has 66 valence electrons. The van der Waals surface area contributed by atoms with Gasteiger partial charge >= 0.3 is 0 Å². The zero-order valence-electron chi connectivity index (χ0n) is 7.23. The maximum Gasteiger partial charge on any atom is 0.0913 e. The van der Waals surface area contributed by atoms with Gasteiger partial charge in [-0.3, -0.25) is 4.98 Å². The first kappa shape index (κ1) is 9.19. The van der Waals surface area contributed by atoms with Gasteiger partial charge in [0.25, 0.3) is 0 Å². The average molecular weight is 184 g/mol. The van der Waals surface area contributed by atoms with E-state index in [1.54, 1.807) is 30.8 Å². The molecule has 0 unspecified atom stereocenters. The molecular weight excluding hydrogens is 172 g/mol. The molecule has 12 heavy (non-hydrogen) atoms. The lowest BCUT2D eigenvalue weighted by Gasteiger charge is -1.98. The van der Waals surface area contributed by atoms with Gasteiger partial charge < -0.3 is 0 Å². The molecule has 4 heteroatoms. The fourth-order valence-electron chi connectivity index (χ4n) is 0.695. The maximum absolute atomic E-state index is 11.5. The molecule has 0 radical (unpaired) electrons. The van der Waals surface area contributed by atoms with Crippen molar-refractivity contribution in [3.05, 3.63) is 24.5 Å². The molecule has 0 aliphatic rings. The number of hydrogen-bond acceptors (Lipinski definition) is 3. The van der Waals surface area contributed by atoms with Crippen LogP contribution < -0.4 is 0 Å². The van der Waals surface area contributed by atoms with Crippen LogP contribution >= 0.6 is 0 Å². The molecule has 0 aromatic carbocycles. The second kappa shape index (κ2) is 3.67. The predicted octanol–water partition coefficient (Wildman–Crippen LogP) is 1.83. The van der Waals surface area contributed by atoms with Gasteiger partial charge in [-0.25, -0.2) is 4.21 Å². The maximum atomic E-state index is 11.5. The Balaban J connectivity index is 3.04. The largest absolute Gasteiger partial charge is 0.262 e. The van der Waals surface area contributed by atoms with Crippen LogP contribution in [0.15, 0.2) is 28.9 Å². The van der Waals surface area contributed by atoms with E-state index in [4.69, 9.17) is 0 Å². The summed E-state index contributed by atoms with van der Waals surface area (Å²) in [5.41, 5.74) is 0.687. The molecule has 0 amide bonds. The second-order valence-electron chi connectivity index (χ2n) is 2.55. The molecule has 0 bridgehead atoms. The molecule has 1 aromatic rings. The normalized spacial score (nSPS) is 15.2. The molecule has 1 aromatic heterocycles. The van der Waals surface area contributed by atoms with Gasteiger partial charge in [0.1, 0.15) is 0 Å². The van der Waals surface area contributed by atoms with Gasteiger partial charge in [-0.05, 0) is 12.1 Å².